The summed E-state index contributed by atoms with van der Waals surface area (Å²) in [7, 11) is -3.96. The molecule has 4 rings (SSSR count). The number of nitrogens with one attached hydrogen (secondary N) is 1. The van der Waals surface area contributed by atoms with Gasteiger partial charge >= 0.3 is 0 Å². The van der Waals surface area contributed by atoms with Gasteiger partial charge in [0.1, 0.15) is 11.4 Å². The first-order valence-electron chi connectivity index (χ1n) is 8.74. The van der Waals surface area contributed by atoms with Crippen LogP contribution in [-0.4, -0.2) is 43.1 Å². The number of aliphatic imine (C=N–C) groups is 1. The fourth-order valence-corrected chi connectivity index (χ4v) is 4.93. The average Bonchev–Trinajstić information content (AvgIpc) is 3.00. The first-order chi connectivity index (χ1) is 13.3. The summed E-state index contributed by atoms with van der Waals surface area (Å²) in [5.74, 6) is -2.61. The van der Waals surface area contributed by atoms with Gasteiger partial charge in [0.2, 0.25) is 10.0 Å². The summed E-state index contributed by atoms with van der Waals surface area (Å²) in [6, 6.07) is 11.6. The predicted octanol–water partition coefficient (Wildman–Crippen LogP) is 2.06. The lowest BCUT2D eigenvalue weighted by Gasteiger charge is -2.36. The van der Waals surface area contributed by atoms with Gasteiger partial charge in [-0.05, 0) is 18.2 Å². The van der Waals surface area contributed by atoms with Crippen LogP contribution < -0.4 is 5.32 Å². The molecule has 0 atom stereocenters. The molecule has 2 aromatic carbocycles. The second-order valence-corrected chi connectivity index (χ2v) is 8.73. The zero-order chi connectivity index (χ0) is 19.9. The highest BCUT2D eigenvalue weighted by Crippen LogP contribution is 2.31. The van der Waals surface area contributed by atoms with Gasteiger partial charge in [0, 0.05) is 31.5 Å². The van der Waals surface area contributed by atoms with Gasteiger partial charge in [0.05, 0.1) is 4.90 Å². The summed E-state index contributed by atoms with van der Waals surface area (Å²) < 4.78 is 53.2. The van der Waals surface area contributed by atoms with Gasteiger partial charge in [-0.3, -0.25) is 9.79 Å². The Kier molecular flexibility index (Phi) is 4.51. The molecule has 0 radical (unpaired) electrons. The van der Waals surface area contributed by atoms with Gasteiger partial charge < -0.3 is 5.32 Å². The van der Waals surface area contributed by atoms with E-state index in [2.05, 4.69) is 10.3 Å². The van der Waals surface area contributed by atoms with Crippen molar-refractivity contribution in [2.24, 2.45) is 4.99 Å². The maximum Gasteiger partial charge on any atom is 0.272 e. The lowest BCUT2D eigenvalue weighted by atomic mass is 10.00. The second-order valence-electron chi connectivity index (χ2n) is 6.79. The number of hydrogen-bond donors (Lipinski definition) is 1. The van der Waals surface area contributed by atoms with E-state index in [0.717, 1.165) is 12.1 Å². The number of sulfonamides is 1. The molecule has 146 valence electrons. The van der Waals surface area contributed by atoms with Crippen LogP contribution >= 0.6 is 0 Å². The Morgan fingerprint density at radius 2 is 1.68 bits per heavy atom. The van der Waals surface area contributed by atoms with Crippen LogP contribution in [0.25, 0.3) is 0 Å². The summed E-state index contributed by atoms with van der Waals surface area (Å²) in [5.41, 5.74) is 0.189. The number of carbonyl (C=O) groups is 1. The summed E-state index contributed by atoms with van der Waals surface area (Å²) in [6.07, 6.45) is 0.579. The van der Waals surface area contributed by atoms with Crippen LogP contribution in [0.15, 0.2) is 58.4 Å². The normalized spacial score (nSPS) is 19.5. The molecule has 0 bridgehead atoms. The molecule has 1 saturated heterocycles. The van der Waals surface area contributed by atoms with Gasteiger partial charge in [-0.1, -0.05) is 30.3 Å². The van der Waals surface area contributed by atoms with E-state index >= 15 is 0 Å². The van der Waals surface area contributed by atoms with E-state index in [0.29, 0.717) is 17.3 Å². The molecule has 0 saturated carbocycles. The Labute approximate surface area is 160 Å². The number of carbonyl (C=O) groups excluding carboxylic acids is 1. The zero-order valence-corrected chi connectivity index (χ0v) is 15.5. The van der Waals surface area contributed by atoms with Crippen LogP contribution in [0.1, 0.15) is 18.4 Å². The number of rotatable bonds is 3. The Bertz CT molecular complexity index is 1060. The number of halogens is 2. The Morgan fingerprint density at radius 1 is 1.00 bits per heavy atom. The third kappa shape index (κ3) is 3.20. The number of amides is 1. The number of piperidine rings is 1. The molecule has 1 fully saturated rings. The Morgan fingerprint density at radius 3 is 2.32 bits per heavy atom. The first kappa shape index (κ1) is 18.7. The van der Waals surface area contributed by atoms with Gasteiger partial charge in [0.15, 0.2) is 11.6 Å². The van der Waals surface area contributed by atoms with E-state index in [1.54, 1.807) is 12.1 Å². The quantitative estimate of drug-likeness (QED) is 0.849. The van der Waals surface area contributed by atoms with E-state index in [1.807, 2.05) is 18.2 Å². The van der Waals surface area contributed by atoms with Crippen molar-refractivity contribution in [2.75, 3.05) is 13.1 Å². The third-order valence-corrected chi connectivity index (χ3v) is 6.91. The van der Waals surface area contributed by atoms with Crippen LogP contribution in [0.5, 0.6) is 0 Å². The van der Waals surface area contributed by atoms with Crippen molar-refractivity contribution in [2.45, 2.75) is 23.4 Å². The van der Waals surface area contributed by atoms with Crippen LogP contribution in [-0.2, 0) is 14.8 Å². The Hall–Kier alpha value is -2.65. The fourth-order valence-electron chi connectivity index (χ4n) is 3.47. The van der Waals surface area contributed by atoms with Crippen molar-refractivity contribution in [3.63, 3.8) is 0 Å². The smallest absolute Gasteiger partial charge is 0.272 e. The average molecular weight is 405 g/mol. The minimum Gasteiger partial charge on any atom is -0.326 e. The molecule has 2 aromatic rings. The molecule has 6 nitrogen and oxygen atoms in total. The van der Waals surface area contributed by atoms with Crippen LogP contribution in [0, 0.1) is 11.6 Å². The highest BCUT2D eigenvalue weighted by molar-refractivity contribution is 7.89. The largest absolute Gasteiger partial charge is 0.326 e. The van der Waals surface area contributed by atoms with Crippen molar-refractivity contribution < 1.29 is 22.0 Å². The molecule has 0 aromatic heterocycles. The minimum absolute atomic E-state index is 0.104. The van der Waals surface area contributed by atoms with Crippen LogP contribution in [0.3, 0.4) is 0 Å². The molecule has 1 N–H and O–H groups in total. The molecular weight excluding hydrogens is 388 g/mol. The molecule has 1 amide bonds. The van der Waals surface area contributed by atoms with Gasteiger partial charge in [-0.15, -0.1) is 0 Å². The highest BCUT2D eigenvalue weighted by atomic mass is 32.2. The molecule has 0 aliphatic carbocycles. The molecule has 2 aliphatic rings. The number of hydrogen-bond acceptors (Lipinski definition) is 4. The van der Waals surface area contributed by atoms with Gasteiger partial charge in [-0.2, -0.15) is 4.31 Å². The van der Waals surface area contributed by atoms with Crippen molar-refractivity contribution in [3.8, 4) is 0 Å². The zero-order valence-electron chi connectivity index (χ0n) is 14.7. The molecule has 1 spiro atoms. The van der Waals surface area contributed by atoms with Gasteiger partial charge in [0.25, 0.3) is 5.91 Å². The van der Waals surface area contributed by atoms with Crippen molar-refractivity contribution in [3.05, 3.63) is 65.7 Å². The topological polar surface area (TPSA) is 78.8 Å². The van der Waals surface area contributed by atoms with E-state index in [9.17, 15) is 22.0 Å². The third-order valence-electron chi connectivity index (χ3n) is 5.01. The second kappa shape index (κ2) is 6.75. The minimum atomic E-state index is -3.96. The van der Waals surface area contributed by atoms with Crippen molar-refractivity contribution in [1.29, 1.82) is 0 Å². The highest BCUT2D eigenvalue weighted by Gasteiger charge is 2.44. The fraction of sp³-hybridized carbons (Fsp3) is 0.263. The summed E-state index contributed by atoms with van der Waals surface area (Å²) in [5, 5.41) is 2.87. The van der Waals surface area contributed by atoms with Gasteiger partial charge in [-0.25, -0.2) is 17.2 Å². The summed E-state index contributed by atoms with van der Waals surface area (Å²) >= 11 is 0. The molecule has 9 heteroatoms. The summed E-state index contributed by atoms with van der Waals surface area (Å²) in [6.45, 7) is 0.209. The lowest BCUT2D eigenvalue weighted by molar-refractivity contribution is -0.115. The van der Waals surface area contributed by atoms with Crippen LogP contribution in [0.4, 0.5) is 8.78 Å². The van der Waals surface area contributed by atoms with E-state index in [-0.39, 0.29) is 36.7 Å². The first-order valence-corrected chi connectivity index (χ1v) is 10.2. The lowest BCUT2D eigenvalue weighted by Crippen LogP contribution is -2.52. The molecule has 2 aliphatic heterocycles. The maximum atomic E-state index is 13.4. The standard InChI is InChI=1S/C19H17F2N3O3S/c20-15-7-6-14(12-16(15)21)28(26,27)24-10-8-19(9-11-24)22-17(18(25)23-19)13-4-2-1-3-5-13/h1-7,12H,8-11H2,(H,23,25). The predicted molar refractivity (Wildman–Crippen MR) is 98.2 cm³/mol. The molecule has 0 unspecified atom stereocenters. The maximum absolute atomic E-state index is 13.4. The molecular formula is C19H17F2N3O3S. The Balaban J connectivity index is 1.54. The SMILES string of the molecule is O=C1NC2(CCN(S(=O)(=O)c3ccc(F)c(F)c3)CC2)N=C1c1ccccc1. The number of benzene rings is 2. The van der Waals surface area contributed by atoms with Crippen molar-refractivity contribution in [1.82, 2.24) is 9.62 Å². The van der Waals surface area contributed by atoms with Crippen molar-refractivity contribution >= 4 is 21.6 Å². The van der Waals surface area contributed by atoms with Crippen LogP contribution in [0.2, 0.25) is 0 Å². The van der Waals surface area contributed by atoms with E-state index in [1.165, 1.54) is 4.31 Å². The number of nitrogens with zero attached hydrogens (tertiary/aromatic N) is 2. The van der Waals surface area contributed by atoms with E-state index in [4.69, 9.17) is 0 Å². The molecule has 2 heterocycles. The van der Waals surface area contributed by atoms with E-state index < -0.39 is 27.3 Å². The monoisotopic (exact) mass is 405 g/mol. The molecule has 28 heavy (non-hydrogen) atoms. The summed E-state index contributed by atoms with van der Waals surface area (Å²) in [4.78, 5) is 16.6.